The van der Waals surface area contributed by atoms with Crippen molar-refractivity contribution in [2.45, 2.75) is 32.1 Å². The van der Waals surface area contributed by atoms with Crippen LogP contribution in [0.25, 0.3) is 0 Å². The molecule has 0 aliphatic carbocycles. The fourth-order valence-corrected chi connectivity index (χ4v) is 1.15. The van der Waals surface area contributed by atoms with Crippen LogP contribution in [0.15, 0.2) is 0 Å². The molecule has 0 amide bonds. The van der Waals surface area contributed by atoms with Crippen molar-refractivity contribution in [2.75, 3.05) is 13.2 Å². The van der Waals surface area contributed by atoms with Crippen LogP contribution in [0.3, 0.4) is 0 Å². The van der Waals surface area contributed by atoms with Gasteiger partial charge in [-0.25, -0.2) is 13.3 Å². The van der Waals surface area contributed by atoms with Gasteiger partial charge < -0.3 is 0 Å². The summed E-state index contributed by atoms with van der Waals surface area (Å²) in [5.74, 6) is -4.29. The highest BCUT2D eigenvalue weighted by Crippen LogP contribution is 2.30. The summed E-state index contributed by atoms with van der Waals surface area (Å²) in [7, 11) is -2.74. The molecule has 0 aliphatic rings. The highest BCUT2D eigenvalue weighted by molar-refractivity contribution is 7.33. The average Bonchev–Trinajstić information content (AvgIpc) is 2.15. The van der Waals surface area contributed by atoms with E-state index in [-0.39, 0.29) is 6.61 Å². The fourth-order valence-electron chi connectivity index (χ4n) is 0.522. The number of halogens is 4. The second-order valence-corrected chi connectivity index (χ2v) is 3.71. The Bertz CT molecular complexity index is 201. The monoisotopic (exact) mass is 251 g/mol. The smallest absolute Gasteiger partial charge is 0.283 e. The summed E-state index contributed by atoms with van der Waals surface area (Å²) in [6.45, 7) is 0.334. The van der Waals surface area contributed by atoms with Crippen LogP contribution in [0.5, 0.6) is 0 Å². The third-order valence-corrected chi connectivity index (χ3v) is 2.11. The summed E-state index contributed by atoms with van der Waals surface area (Å²) >= 11 is 0. The van der Waals surface area contributed by atoms with E-state index in [4.69, 9.17) is 0 Å². The second kappa shape index (κ2) is 7.09. The molecule has 1 atom stereocenters. The zero-order valence-electron chi connectivity index (χ0n) is 8.09. The van der Waals surface area contributed by atoms with E-state index in [0.717, 1.165) is 6.42 Å². The van der Waals surface area contributed by atoms with E-state index in [1.807, 2.05) is 6.92 Å². The average molecular weight is 251 g/mol. The number of rotatable bonds is 8. The third kappa shape index (κ3) is 6.76. The van der Waals surface area contributed by atoms with Gasteiger partial charge in [-0.1, -0.05) is 13.3 Å². The molecule has 0 N–H and O–H groups in total. The zero-order chi connectivity index (χ0) is 11.9. The number of hydrogen-bond acceptors (Lipinski definition) is 3. The first kappa shape index (κ1) is 14.7. The summed E-state index contributed by atoms with van der Waals surface area (Å²) in [6.07, 6.45) is -2.47. The van der Waals surface area contributed by atoms with Crippen LogP contribution >= 0.6 is 8.25 Å². The van der Waals surface area contributed by atoms with Crippen molar-refractivity contribution in [1.82, 2.24) is 0 Å². The molecule has 0 spiro atoms. The molecular weight excluding hydrogens is 239 g/mol. The van der Waals surface area contributed by atoms with Gasteiger partial charge in [-0.2, -0.15) is 8.78 Å². The van der Waals surface area contributed by atoms with E-state index >= 15 is 0 Å². The molecule has 91 valence electrons. The van der Waals surface area contributed by atoms with Gasteiger partial charge in [-0.3, -0.25) is 9.05 Å². The van der Waals surface area contributed by atoms with Gasteiger partial charge in [-0.05, 0) is 6.42 Å². The highest BCUT2D eigenvalue weighted by atomic mass is 31.1. The minimum absolute atomic E-state index is 0.0892. The lowest BCUT2D eigenvalue weighted by atomic mass is 10.4. The van der Waals surface area contributed by atoms with E-state index in [1.54, 1.807) is 0 Å². The van der Waals surface area contributed by atoms with Gasteiger partial charge in [0, 0.05) is 0 Å². The highest BCUT2D eigenvalue weighted by Gasteiger charge is 2.41. The van der Waals surface area contributed by atoms with E-state index < -0.39 is 27.2 Å². The molecular formula is C7H12F4O3P. The molecule has 0 saturated heterocycles. The second-order valence-electron chi connectivity index (χ2n) is 2.75. The van der Waals surface area contributed by atoms with Crippen molar-refractivity contribution >= 4 is 8.25 Å². The molecule has 0 bridgehead atoms. The first-order chi connectivity index (χ1) is 6.90. The van der Waals surface area contributed by atoms with Gasteiger partial charge in [0.2, 0.25) is 0 Å². The fraction of sp³-hybridized carbons (Fsp3) is 1.00. The van der Waals surface area contributed by atoms with Crippen LogP contribution in [0, 0.1) is 0 Å². The summed E-state index contributed by atoms with van der Waals surface area (Å²) < 4.78 is 66.8. The van der Waals surface area contributed by atoms with E-state index in [0.29, 0.717) is 6.42 Å². The topological polar surface area (TPSA) is 35.5 Å². The Hall–Kier alpha value is -0.260. The first-order valence-electron chi connectivity index (χ1n) is 4.29. The number of unbranched alkanes of at least 4 members (excludes halogenated alkanes) is 1. The van der Waals surface area contributed by atoms with Crippen LogP contribution < -0.4 is 0 Å². The van der Waals surface area contributed by atoms with Crippen LogP contribution in [0.4, 0.5) is 17.6 Å². The molecule has 0 aromatic heterocycles. The lowest BCUT2D eigenvalue weighted by Gasteiger charge is -2.13. The molecule has 0 fully saturated rings. The molecule has 0 saturated carbocycles. The zero-order valence-corrected chi connectivity index (χ0v) is 8.98. The maximum Gasteiger partial charge on any atom is 0.369 e. The molecule has 0 aromatic rings. The third-order valence-electron chi connectivity index (χ3n) is 1.38. The lowest BCUT2D eigenvalue weighted by Crippen LogP contribution is -2.31. The van der Waals surface area contributed by atoms with Crippen molar-refractivity contribution in [3.8, 4) is 0 Å². The van der Waals surface area contributed by atoms with E-state index in [1.165, 1.54) is 0 Å². The molecule has 15 heavy (non-hydrogen) atoms. The molecule has 0 rings (SSSR count). The predicted octanol–water partition coefficient (Wildman–Crippen LogP) is 3.38. The molecule has 0 aromatic carbocycles. The lowest BCUT2D eigenvalue weighted by molar-refractivity contribution is -0.148. The first-order valence-corrected chi connectivity index (χ1v) is 5.38. The van der Waals surface area contributed by atoms with Crippen LogP contribution in [-0.4, -0.2) is 25.6 Å². The molecule has 1 radical (unpaired) electrons. The Morgan fingerprint density at radius 3 is 2.40 bits per heavy atom. The van der Waals surface area contributed by atoms with E-state index in [2.05, 4.69) is 9.05 Å². The maximum atomic E-state index is 12.2. The number of hydrogen-bond donors (Lipinski definition) is 0. The van der Waals surface area contributed by atoms with Crippen molar-refractivity contribution in [2.24, 2.45) is 0 Å². The Morgan fingerprint density at radius 1 is 1.33 bits per heavy atom. The van der Waals surface area contributed by atoms with Crippen molar-refractivity contribution < 1.29 is 31.2 Å². The minimum atomic E-state index is -4.29. The van der Waals surface area contributed by atoms with Crippen LogP contribution in [-0.2, 0) is 13.6 Å². The minimum Gasteiger partial charge on any atom is -0.283 e. The SMILES string of the molecule is CCCCO[P](=O)OCC(F)(F)C(F)F. The molecule has 0 heterocycles. The molecule has 0 aliphatic heterocycles. The molecule has 1 unspecified atom stereocenters. The Morgan fingerprint density at radius 2 is 1.93 bits per heavy atom. The van der Waals surface area contributed by atoms with Crippen molar-refractivity contribution in [3.05, 3.63) is 0 Å². The normalized spacial score (nSPS) is 13.3. The predicted molar refractivity (Wildman–Crippen MR) is 45.4 cm³/mol. The standard InChI is InChI=1S/C7H12F4O3P/c1-2-3-4-13-15(12)14-5-7(10,11)6(8)9/h6H,2-5H2,1H3. The number of alkyl halides is 4. The molecule has 3 nitrogen and oxygen atoms in total. The largest absolute Gasteiger partial charge is 0.369 e. The maximum absolute atomic E-state index is 12.2. The van der Waals surface area contributed by atoms with Crippen molar-refractivity contribution in [1.29, 1.82) is 0 Å². The molecule has 8 heteroatoms. The van der Waals surface area contributed by atoms with Crippen LogP contribution in [0.2, 0.25) is 0 Å². The van der Waals surface area contributed by atoms with Gasteiger partial charge in [0.05, 0.1) is 6.61 Å². The Kier molecular flexibility index (Phi) is 6.96. The van der Waals surface area contributed by atoms with Gasteiger partial charge in [-0.15, -0.1) is 0 Å². The van der Waals surface area contributed by atoms with E-state index in [9.17, 15) is 22.1 Å². The van der Waals surface area contributed by atoms with Crippen LogP contribution in [0.1, 0.15) is 19.8 Å². The summed E-state index contributed by atoms with van der Waals surface area (Å²) in [5, 5.41) is 0. The van der Waals surface area contributed by atoms with Gasteiger partial charge in [0.1, 0.15) is 6.61 Å². The summed E-state index contributed by atoms with van der Waals surface area (Å²) in [4.78, 5) is 0. The summed E-state index contributed by atoms with van der Waals surface area (Å²) in [6, 6.07) is 0. The quantitative estimate of drug-likeness (QED) is 0.377. The summed E-state index contributed by atoms with van der Waals surface area (Å²) in [5.41, 5.74) is 0. The van der Waals surface area contributed by atoms with Gasteiger partial charge in [0.25, 0.3) is 0 Å². The van der Waals surface area contributed by atoms with Gasteiger partial charge >= 0.3 is 20.6 Å². The Labute approximate surface area is 85.7 Å². The van der Waals surface area contributed by atoms with Crippen molar-refractivity contribution in [3.63, 3.8) is 0 Å². The van der Waals surface area contributed by atoms with Gasteiger partial charge in [0.15, 0.2) is 0 Å². The Balaban J connectivity index is 3.71.